The molecule has 0 bridgehead atoms. The van der Waals surface area contributed by atoms with Gasteiger partial charge in [0.2, 0.25) is 11.8 Å². The maximum Gasteiger partial charge on any atom is 0.309 e. The minimum atomic E-state index is -0.594. The van der Waals surface area contributed by atoms with Crippen molar-refractivity contribution >= 4 is 17.8 Å². The van der Waals surface area contributed by atoms with Gasteiger partial charge in [0.05, 0.1) is 12.0 Å². The van der Waals surface area contributed by atoms with Gasteiger partial charge in [0.15, 0.2) is 0 Å². The molecule has 37 heavy (non-hydrogen) atoms. The Hall–Kier alpha value is -4.19. The molecular formula is C31H32N2O4. The zero-order valence-electron chi connectivity index (χ0n) is 20.8. The predicted octanol–water partition coefficient (Wildman–Crippen LogP) is 5.12. The van der Waals surface area contributed by atoms with Crippen molar-refractivity contribution in [2.24, 2.45) is 5.92 Å². The highest BCUT2D eigenvalue weighted by Gasteiger charge is 2.25. The summed E-state index contributed by atoms with van der Waals surface area (Å²) in [5.41, 5.74) is 4.10. The molecule has 1 aliphatic heterocycles. The first-order valence-electron chi connectivity index (χ1n) is 12.7. The number of benzene rings is 3. The number of hydrogen-bond donors (Lipinski definition) is 2. The van der Waals surface area contributed by atoms with Crippen LogP contribution in [0.5, 0.6) is 0 Å². The summed E-state index contributed by atoms with van der Waals surface area (Å²) >= 11 is 0. The van der Waals surface area contributed by atoms with Crippen molar-refractivity contribution in [3.05, 3.63) is 108 Å². The van der Waals surface area contributed by atoms with Gasteiger partial charge in [-0.25, -0.2) is 0 Å². The monoisotopic (exact) mass is 496 g/mol. The standard InChI is InChI=1S/C31H32N2O4/c34-29-15-9-3-8-14-27(31(36)37-22-28(33-29)26-12-6-2-7-13-26)20-30(35)32-21-23-16-18-25(19-17-23)24-10-4-1-5-11-24/h1-8,10-13,16-19,27-28H,9,14-15,20-22H2,(H,32,35)(H,33,34)/t27-,28-/m0/s1. The maximum absolute atomic E-state index is 12.9. The van der Waals surface area contributed by atoms with Gasteiger partial charge in [0.25, 0.3) is 0 Å². The average molecular weight is 497 g/mol. The lowest BCUT2D eigenvalue weighted by atomic mass is 9.99. The SMILES string of the molecule is O=C(C[C@@H]1CC=CCCC(=O)N[C@H](c2ccccc2)COC1=O)NCc1ccc(-c2ccccc2)cc1. The first-order chi connectivity index (χ1) is 18.1. The summed E-state index contributed by atoms with van der Waals surface area (Å²) in [5.74, 6) is -1.34. The van der Waals surface area contributed by atoms with Gasteiger partial charge in [-0.2, -0.15) is 0 Å². The van der Waals surface area contributed by atoms with Crippen molar-refractivity contribution in [3.8, 4) is 11.1 Å². The molecule has 0 radical (unpaired) electrons. The first kappa shape index (κ1) is 25.9. The number of nitrogens with one attached hydrogen (secondary N) is 2. The number of esters is 1. The fraction of sp³-hybridized carbons (Fsp3) is 0.258. The van der Waals surface area contributed by atoms with Crippen molar-refractivity contribution in [1.82, 2.24) is 10.6 Å². The van der Waals surface area contributed by atoms with E-state index in [1.807, 2.05) is 84.9 Å². The number of carbonyl (C=O) groups is 3. The van der Waals surface area contributed by atoms with Crippen LogP contribution < -0.4 is 10.6 Å². The van der Waals surface area contributed by atoms with Crippen LogP contribution in [0.25, 0.3) is 11.1 Å². The fourth-order valence-corrected chi connectivity index (χ4v) is 4.25. The highest BCUT2D eigenvalue weighted by Crippen LogP contribution is 2.20. The second-order valence-electron chi connectivity index (χ2n) is 9.15. The molecule has 190 valence electrons. The fourth-order valence-electron chi connectivity index (χ4n) is 4.25. The molecule has 4 rings (SSSR count). The lowest BCUT2D eigenvalue weighted by molar-refractivity contribution is -0.151. The summed E-state index contributed by atoms with van der Waals surface area (Å²) < 4.78 is 5.59. The molecule has 1 heterocycles. The van der Waals surface area contributed by atoms with Crippen LogP contribution in [-0.2, 0) is 25.7 Å². The predicted molar refractivity (Wildman–Crippen MR) is 143 cm³/mol. The van der Waals surface area contributed by atoms with Crippen molar-refractivity contribution in [1.29, 1.82) is 0 Å². The second-order valence-corrected chi connectivity index (χ2v) is 9.15. The van der Waals surface area contributed by atoms with E-state index < -0.39 is 17.9 Å². The topological polar surface area (TPSA) is 84.5 Å². The summed E-state index contributed by atoms with van der Waals surface area (Å²) in [7, 11) is 0. The third kappa shape index (κ3) is 7.90. The molecule has 0 saturated carbocycles. The smallest absolute Gasteiger partial charge is 0.309 e. The Balaban J connectivity index is 1.34. The minimum absolute atomic E-state index is 0.0180. The van der Waals surface area contributed by atoms with Gasteiger partial charge in [-0.1, -0.05) is 97.1 Å². The Labute approximate surface area is 217 Å². The molecule has 1 aliphatic rings. The van der Waals surface area contributed by atoms with Gasteiger partial charge in [-0.3, -0.25) is 14.4 Å². The Kier molecular flexibility index (Phi) is 9.24. The van der Waals surface area contributed by atoms with Crippen LogP contribution in [0.2, 0.25) is 0 Å². The Morgan fingerprint density at radius 2 is 1.54 bits per heavy atom. The Morgan fingerprint density at radius 1 is 0.865 bits per heavy atom. The highest BCUT2D eigenvalue weighted by atomic mass is 16.5. The second kappa shape index (κ2) is 13.2. The number of hydrogen-bond acceptors (Lipinski definition) is 4. The third-order valence-electron chi connectivity index (χ3n) is 6.37. The maximum atomic E-state index is 12.9. The van der Waals surface area contributed by atoms with Crippen LogP contribution in [0.4, 0.5) is 0 Å². The minimum Gasteiger partial charge on any atom is -0.463 e. The summed E-state index contributed by atoms with van der Waals surface area (Å²) in [6, 6.07) is 27.2. The summed E-state index contributed by atoms with van der Waals surface area (Å²) in [6.45, 7) is 0.401. The average Bonchev–Trinajstić information content (AvgIpc) is 2.93. The van der Waals surface area contributed by atoms with E-state index in [-0.39, 0.29) is 24.8 Å². The summed E-state index contributed by atoms with van der Waals surface area (Å²) in [5, 5.41) is 5.88. The van der Waals surface area contributed by atoms with E-state index in [1.54, 1.807) is 0 Å². The summed E-state index contributed by atoms with van der Waals surface area (Å²) in [6.07, 6.45) is 5.07. The molecule has 2 atom stereocenters. The van der Waals surface area contributed by atoms with Gasteiger partial charge in [0, 0.05) is 19.4 Å². The molecule has 3 aromatic carbocycles. The number of amides is 2. The third-order valence-corrected chi connectivity index (χ3v) is 6.37. The number of cyclic esters (lactones) is 1. The zero-order chi connectivity index (χ0) is 25.9. The molecule has 0 fully saturated rings. The van der Waals surface area contributed by atoms with E-state index >= 15 is 0 Å². The largest absolute Gasteiger partial charge is 0.463 e. The molecule has 2 amide bonds. The lowest BCUT2D eigenvalue weighted by Crippen LogP contribution is -2.34. The normalized spacial score (nSPS) is 18.6. The molecule has 2 N–H and O–H groups in total. The number of rotatable bonds is 6. The molecule has 6 heteroatoms. The Morgan fingerprint density at radius 3 is 2.27 bits per heavy atom. The van der Waals surface area contributed by atoms with Gasteiger partial charge < -0.3 is 15.4 Å². The van der Waals surface area contributed by atoms with E-state index in [0.717, 1.165) is 22.3 Å². The van der Waals surface area contributed by atoms with E-state index in [1.165, 1.54) is 0 Å². The van der Waals surface area contributed by atoms with E-state index in [0.29, 0.717) is 25.8 Å². The number of ether oxygens (including phenoxy) is 1. The number of allylic oxidation sites excluding steroid dienone is 2. The quantitative estimate of drug-likeness (QED) is 0.367. The van der Waals surface area contributed by atoms with Crippen LogP contribution >= 0.6 is 0 Å². The van der Waals surface area contributed by atoms with E-state index in [2.05, 4.69) is 22.8 Å². The van der Waals surface area contributed by atoms with Gasteiger partial charge in [-0.15, -0.1) is 0 Å². The molecule has 0 spiro atoms. The van der Waals surface area contributed by atoms with Crippen LogP contribution in [0.3, 0.4) is 0 Å². The van der Waals surface area contributed by atoms with Crippen molar-refractivity contribution in [3.63, 3.8) is 0 Å². The van der Waals surface area contributed by atoms with Crippen LogP contribution in [0, 0.1) is 5.92 Å². The first-order valence-corrected chi connectivity index (χ1v) is 12.7. The highest BCUT2D eigenvalue weighted by molar-refractivity contribution is 5.83. The van der Waals surface area contributed by atoms with Crippen molar-refractivity contribution in [2.75, 3.05) is 6.61 Å². The van der Waals surface area contributed by atoms with Crippen LogP contribution in [-0.4, -0.2) is 24.4 Å². The molecule has 6 nitrogen and oxygen atoms in total. The van der Waals surface area contributed by atoms with Gasteiger partial charge in [-0.05, 0) is 35.1 Å². The molecule has 0 aliphatic carbocycles. The van der Waals surface area contributed by atoms with Crippen LogP contribution in [0.1, 0.15) is 42.9 Å². The van der Waals surface area contributed by atoms with Crippen molar-refractivity contribution < 1.29 is 19.1 Å². The molecule has 0 aromatic heterocycles. The number of carbonyl (C=O) groups excluding carboxylic acids is 3. The molecular weight excluding hydrogens is 464 g/mol. The van der Waals surface area contributed by atoms with Gasteiger partial charge in [0.1, 0.15) is 6.61 Å². The molecule has 3 aromatic rings. The van der Waals surface area contributed by atoms with Crippen molar-refractivity contribution in [2.45, 2.75) is 38.3 Å². The Bertz CT molecular complexity index is 1210. The molecule has 0 unspecified atom stereocenters. The van der Waals surface area contributed by atoms with Gasteiger partial charge >= 0.3 is 5.97 Å². The van der Waals surface area contributed by atoms with E-state index in [9.17, 15) is 14.4 Å². The molecule has 0 saturated heterocycles. The van der Waals surface area contributed by atoms with E-state index in [4.69, 9.17) is 4.74 Å². The van der Waals surface area contributed by atoms with Crippen LogP contribution in [0.15, 0.2) is 97.1 Å². The lowest BCUT2D eigenvalue weighted by Gasteiger charge is -2.22. The summed E-state index contributed by atoms with van der Waals surface area (Å²) in [4.78, 5) is 38.0. The zero-order valence-corrected chi connectivity index (χ0v) is 20.8.